The predicted octanol–water partition coefficient (Wildman–Crippen LogP) is 5.01. The molecule has 1 aliphatic heterocycles. The number of ether oxygens (including phenoxy) is 1. The number of piperazine rings is 1. The smallest absolute Gasteiger partial charge is 0.227 e. The molecule has 35 heavy (non-hydrogen) atoms. The van der Waals surface area contributed by atoms with E-state index in [-0.39, 0.29) is 0 Å². The number of rotatable bonds is 7. The fraction of sp³-hybridized carbons (Fsp3) is 0.357. The van der Waals surface area contributed by atoms with Gasteiger partial charge in [0.1, 0.15) is 5.75 Å². The number of nitrogens with zero attached hydrogens (tertiary/aromatic N) is 5. The monoisotopic (exact) mass is 472 g/mol. The minimum absolute atomic E-state index is 0.530. The summed E-state index contributed by atoms with van der Waals surface area (Å²) in [6.07, 6.45) is 1.84. The Balaban J connectivity index is 1.51. The van der Waals surface area contributed by atoms with E-state index in [9.17, 15) is 0 Å². The predicted molar refractivity (Wildman–Crippen MR) is 146 cm³/mol. The van der Waals surface area contributed by atoms with Crippen molar-refractivity contribution in [3.8, 4) is 5.75 Å². The highest BCUT2D eigenvalue weighted by Crippen LogP contribution is 2.33. The van der Waals surface area contributed by atoms with E-state index in [1.54, 1.807) is 7.11 Å². The second-order valence-electron chi connectivity index (χ2n) is 9.29. The van der Waals surface area contributed by atoms with Gasteiger partial charge in [-0.1, -0.05) is 24.3 Å². The van der Waals surface area contributed by atoms with E-state index < -0.39 is 0 Å². The first-order valence-electron chi connectivity index (χ1n) is 12.0. The van der Waals surface area contributed by atoms with Crippen LogP contribution in [0.25, 0.3) is 5.70 Å². The molecule has 4 rings (SSSR count). The Hall–Kier alpha value is -3.58. The first kappa shape index (κ1) is 24.5. The summed E-state index contributed by atoms with van der Waals surface area (Å²) in [5, 5.41) is 3.33. The standard InChI is InChI=1S/C28H36N6O/c1-19-8-9-20(2)24(16-19)22(4)33(6)26-18-29-28(30-21(26)3)31-25-11-10-23(17-27(25)35-7)34-14-12-32(5)13-15-34/h8-11,16-18H,4,12-15H2,1-3,5-7H3,(H,29,30,31). The zero-order valence-electron chi connectivity index (χ0n) is 21.7. The molecule has 0 radical (unpaired) electrons. The molecule has 0 amide bonds. The number of methoxy groups -OCH3 is 1. The first-order valence-corrected chi connectivity index (χ1v) is 12.0. The maximum absolute atomic E-state index is 5.69. The SMILES string of the molecule is C=C(c1cc(C)ccc1C)N(C)c1cnc(Nc2ccc(N3CCN(C)CC3)cc2OC)nc1C. The molecule has 1 fully saturated rings. The number of hydrogen-bond acceptors (Lipinski definition) is 7. The number of likely N-dealkylation sites (N-methyl/N-ethyl adjacent to an activating group) is 1. The lowest BCUT2D eigenvalue weighted by Crippen LogP contribution is -2.44. The Morgan fingerprint density at radius 1 is 1.06 bits per heavy atom. The summed E-state index contributed by atoms with van der Waals surface area (Å²) in [6.45, 7) is 14.7. The van der Waals surface area contributed by atoms with Crippen molar-refractivity contribution in [2.45, 2.75) is 20.8 Å². The largest absolute Gasteiger partial charge is 0.494 e. The summed E-state index contributed by atoms with van der Waals surface area (Å²) in [7, 11) is 5.86. The van der Waals surface area contributed by atoms with Gasteiger partial charge in [-0.15, -0.1) is 0 Å². The van der Waals surface area contributed by atoms with E-state index >= 15 is 0 Å². The van der Waals surface area contributed by atoms with Gasteiger partial charge in [0.15, 0.2) is 0 Å². The molecular formula is C28H36N6O. The first-order chi connectivity index (χ1) is 16.8. The third-order valence-electron chi connectivity index (χ3n) is 6.72. The van der Waals surface area contributed by atoms with Gasteiger partial charge < -0.3 is 24.8 Å². The molecule has 1 aliphatic rings. The van der Waals surface area contributed by atoms with Gasteiger partial charge in [-0.25, -0.2) is 9.97 Å². The van der Waals surface area contributed by atoms with Crippen LogP contribution in [0.4, 0.5) is 23.0 Å². The van der Waals surface area contributed by atoms with Crippen molar-refractivity contribution >= 4 is 28.7 Å². The molecule has 1 saturated heterocycles. The van der Waals surface area contributed by atoms with E-state index in [1.807, 2.05) is 31.1 Å². The summed E-state index contributed by atoms with van der Waals surface area (Å²) < 4.78 is 5.69. The van der Waals surface area contributed by atoms with Crippen LogP contribution in [0.3, 0.4) is 0 Å². The van der Waals surface area contributed by atoms with E-state index in [2.05, 4.69) is 77.9 Å². The summed E-state index contributed by atoms with van der Waals surface area (Å²) >= 11 is 0. The summed E-state index contributed by atoms with van der Waals surface area (Å²) in [5.41, 5.74) is 8.23. The number of hydrogen-bond donors (Lipinski definition) is 1. The zero-order valence-corrected chi connectivity index (χ0v) is 21.7. The van der Waals surface area contributed by atoms with Crippen LogP contribution in [0.1, 0.15) is 22.4 Å². The number of anilines is 4. The van der Waals surface area contributed by atoms with Crippen molar-refractivity contribution in [2.75, 3.05) is 62.5 Å². The molecule has 0 atom stereocenters. The van der Waals surface area contributed by atoms with E-state index in [0.717, 1.165) is 60.3 Å². The number of aromatic nitrogens is 2. The second-order valence-corrected chi connectivity index (χ2v) is 9.29. The Morgan fingerprint density at radius 2 is 1.80 bits per heavy atom. The van der Waals surface area contributed by atoms with Crippen molar-refractivity contribution in [1.82, 2.24) is 14.9 Å². The van der Waals surface area contributed by atoms with E-state index in [1.165, 1.54) is 16.8 Å². The minimum atomic E-state index is 0.530. The van der Waals surface area contributed by atoms with Gasteiger partial charge in [-0.2, -0.15) is 0 Å². The number of aryl methyl sites for hydroxylation is 3. The van der Waals surface area contributed by atoms with Crippen LogP contribution < -0.4 is 19.9 Å². The molecule has 1 aromatic heterocycles. The van der Waals surface area contributed by atoms with Crippen LogP contribution >= 0.6 is 0 Å². The Morgan fingerprint density at radius 3 is 2.49 bits per heavy atom. The zero-order chi connectivity index (χ0) is 25.1. The maximum Gasteiger partial charge on any atom is 0.227 e. The molecule has 0 spiro atoms. The van der Waals surface area contributed by atoms with Gasteiger partial charge in [0.05, 0.1) is 30.4 Å². The van der Waals surface area contributed by atoms with Crippen LogP contribution in [-0.2, 0) is 0 Å². The third-order valence-corrected chi connectivity index (χ3v) is 6.72. The third kappa shape index (κ3) is 5.41. The lowest BCUT2D eigenvalue weighted by atomic mass is 10.0. The Labute approximate surface area is 209 Å². The molecule has 0 unspecified atom stereocenters. The summed E-state index contributed by atoms with van der Waals surface area (Å²) in [4.78, 5) is 16.1. The minimum Gasteiger partial charge on any atom is -0.494 e. The molecule has 2 aromatic carbocycles. The molecule has 184 valence electrons. The highest BCUT2D eigenvalue weighted by atomic mass is 16.5. The lowest BCUT2D eigenvalue weighted by molar-refractivity contribution is 0.312. The van der Waals surface area contributed by atoms with E-state index in [4.69, 9.17) is 9.72 Å². The van der Waals surface area contributed by atoms with Crippen LogP contribution in [0, 0.1) is 20.8 Å². The van der Waals surface area contributed by atoms with Crippen molar-refractivity contribution in [1.29, 1.82) is 0 Å². The van der Waals surface area contributed by atoms with Crippen molar-refractivity contribution in [2.24, 2.45) is 0 Å². The Kier molecular flexibility index (Phi) is 7.26. The molecule has 0 saturated carbocycles. The number of nitrogens with one attached hydrogen (secondary N) is 1. The normalized spacial score (nSPS) is 14.1. The van der Waals surface area contributed by atoms with Crippen LogP contribution in [0.15, 0.2) is 49.2 Å². The van der Waals surface area contributed by atoms with Gasteiger partial charge in [0, 0.05) is 56.2 Å². The molecular weight excluding hydrogens is 436 g/mol. The van der Waals surface area contributed by atoms with Crippen LogP contribution in [-0.4, -0.2) is 62.3 Å². The summed E-state index contributed by atoms with van der Waals surface area (Å²) in [5.74, 6) is 1.30. The molecule has 0 bridgehead atoms. The maximum atomic E-state index is 5.69. The van der Waals surface area contributed by atoms with Crippen LogP contribution in [0.2, 0.25) is 0 Å². The number of benzene rings is 2. The van der Waals surface area contributed by atoms with Gasteiger partial charge in [0.25, 0.3) is 0 Å². The highest BCUT2D eigenvalue weighted by Gasteiger charge is 2.17. The second kappa shape index (κ2) is 10.4. The van der Waals surface area contributed by atoms with Gasteiger partial charge in [0.2, 0.25) is 5.95 Å². The molecule has 1 N–H and O–H groups in total. The van der Waals surface area contributed by atoms with E-state index in [0.29, 0.717) is 5.95 Å². The van der Waals surface area contributed by atoms with Crippen molar-refractivity contribution < 1.29 is 4.74 Å². The molecule has 0 aliphatic carbocycles. The molecule has 7 nitrogen and oxygen atoms in total. The fourth-order valence-electron chi connectivity index (χ4n) is 4.39. The average molecular weight is 473 g/mol. The van der Waals surface area contributed by atoms with Gasteiger partial charge in [-0.3, -0.25) is 0 Å². The van der Waals surface area contributed by atoms with Gasteiger partial charge >= 0.3 is 0 Å². The fourth-order valence-corrected chi connectivity index (χ4v) is 4.39. The Bertz CT molecular complexity index is 1220. The molecule has 7 heteroatoms. The van der Waals surface area contributed by atoms with Gasteiger partial charge in [-0.05, 0) is 51.6 Å². The molecule has 3 aromatic rings. The summed E-state index contributed by atoms with van der Waals surface area (Å²) in [6, 6.07) is 12.7. The lowest BCUT2D eigenvalue weighted by Gasteiger charge is -2.34. The average Bonchev–Trinajstić information content (AvgIpc) is 2.85. The van der Waals surface area contributed by atoms with Crippen molar-refractivity contribution in [3.05, 3.63) is 71.6 Å². The quantitative estimate of drug-likeness (QED) is 0.519. The topological polar surface area (TPSA) is 56.8 Å². The molecule has 2 heterocycles. The van der Waals surface area contributed by atoms with Crippen LogP contribution in [0.5, 0.6) is 5.75 Å². The van der Waals surface area contributed by atoms with Crippen molar-refractivity contribution in [3.63, 3.8) is 0 Å². The highest BCUT2D eigenvalue weighted by molar-refractivity contribution is 5.80.